The van der Waals surface area contributed by atoms with Crippen LogP contribution in [0.3, 0.4) is 0 Å². The van der Waals surface area contributed by atoms with Crippen LogP contribution in [-0.4, -0.2) is 22.6 Å². The van der Waals surface area contributed by atoms with E-state index >= 15 is 0 Å². The first kappa shape index (κ1) is 19.5. The van der Waals surface area contributed by atoms with Crippen LogP contribution in [0.1, 0.15) is 43.9 Å². The van der Waals surface area contributed by atoms with Gasteiger partial charge in [0, 0.05) is 35.3 Å². The Labute approximate surface area is 182 Å². The molecule has 1 aromatic carbocycles. The highest BCUT2D eigenvalue weighted by atomic mass is 16.5. The summed E-state index contributed by atoms with van der Waals surface area (Å²) in [6, 6.07) is 12.5. The zero-order valence-electron chi connectivity index (χ0n) is 18.1. The second-order valence-corrected chi connectivity index (χ2v) is 9.41. The van der Waals surface area contributed by atoms with Crippen molar-refractivity contribution in [2.24, 2.45) is 16.1 Å². The van der Waals surface area contributed by atoms with E-state index in [1.807, 2.05) is 24.4 Å². The van der Waals surface area contributed by atoms with Crippen molar-refractivity contribution in [1.29, 1.82) is 0 Å². The molecule has 31 heavy (non-hydrogen) atoms. The van der Waals surface area contributed by atoms with Crippen molar-refractivity contribution in [1.82, 2.24) is 9.97 Å². The molecule has 5 rings (SSSR count). The van der Waals surface area contributed by atoms with Gasteiger partial charge in [-0.3, -0.25) is 4.98 Å². The standard InChI is InChI=1S/C25H26N4O2/c1-24(2,3)9-8-16-6-7-21-19(11-16)25(15-30-23(26)29-25)20-12-18(14-28-22(20)31-21)17-5-4-10-27-13-17/h4-7,10-14H,8-9,15H2,1-3H3,(H2,26,29)/t25-/m1/s1. The molecule has 1 spiro atoms. The molecule has 1 atom stereocenters. The number of rotatable bonds is 3. The summed E-state index contributed by atoms with van der Waals surface area (Å²) in [5, 5.41) is 0. The van der Waals surface area contributed by atoms with E-state index in [0.29, 0.717) is 12.5 Å². The van der Waals surface area contributed by atoms with E-state index in [2.05, 4.69) is 48.9 Å². The van der Waals surface area contributed by atoms with Crippen LogP contribution in [0.15, 0.2) is 60.0 Å². The van der Waals surface area contributed by atoms with Gasteiger partial charge in [0.05, 0.1) is 5.56 Å². The van der Waals surface area contributed by atoms with E-state index in [-0.39, 0.29) is 11.4 Å². The van der Waals surface area contributed by atoms with Gasteiger partial charge >= 0.3 is 0 Å². The average Bonchev–Trinajstić information content (AvgIpc) is 3.15. The van der Waals surface area contributed by atoms with Crippen LogP contribution in [0, 0.1) is 5.41 Å². The summed E-state index contributed by atoms with van der Waals surface area (Å²) in [4.78, 5) is 13.6. The zero-order chi connectivity index (χ0) is 21.6. The number of fused-ring (bicyclic) bond motifs is 4. The number of pyridine rings is 2. The quantitative estimate of drug-likeness (QED) is 0.665. The number of nitrogens with zero attached hydrogens (tertiary/aromatic N) is 3. The Morgan fingerprint density at radius 3 is 2.65 bits per heavy atom. The summed E-state index contributed by atoms with van der Waals surface area (Å²) in [5.74, 6) is 1.28. The van der Waals surface area contributed by atoms with Crippen LogP contribution < -0.4 is 10.5 Å². The Bertz CT molecular complexity index is 1170. The minimum absolute atomic E-state index is 0.186. The number of ether oxygens (including phenoxy) is 2. The molecule has 0 bridgehead atoms. The molecule has 3 aromatic rings. The Balaban J connectivity index is 1.63. The monoisotopic (exact) mass is 414 g/mol. The molecule has 0 aliphatic carbocycles. The van der Waals surface area contributed by atoms with Crippen LogP contribution in [0.5, 0.6) is 11.6 Å². The molecule has 4 heterocycles. The molecule has 0 radical (unpaired) electrons. The fourth-order valence-corrected chi connectivity index (χ4v) is 4.14. The summed E-state index contributed by atoms with van der Waals surface area (Å²) in [7, 11) is 0. The molecule has 0 amide bonds. The van der Waals surface area contributed by atoms with Gasteiger partial charge in [0.2, 0.25) is 5.88 Å². The van der Waals surface area contributed by atoms with Gasteiger partial charge < -0.3 is 15.2 Å². The van der Waals surface area contributed by atoms with E-state index in [4.69, 9.17) is 20.2 Å². The molecule has 0 saturated heterocycles. The lowest BCUT2D eigenvalue weighted by Gasteiger charge is -2.33. The number of aliphatic imine (C=N–C) groups is 1. The van der Waals surface area contributed by atoms with E-state index < -0.39 is 5.54 Å². The number of benzene rings is 1. The third-order valence-corrected chi connectivity index (χ3v) is 5.88. The molecule has 2 aromatic heterocycles. The average molecular weight is 415 g/mol. The van der Waals surface area contributed by atoms with Gasteiger partial charge in [-0.05, 0) is 48.1 Å². The topological polar surface area (TPSA) is 82.6 Å². The van der Waals surface area contributed by atoms with Gasteiger partial charge in [-0.2, -0.15) is 0 Å². The van der Waals surface area contributed by atoms with Crippen LogP contribution >= 0.6 is 0 Å². The van der Waals surface area contributed by atoms with Crippen molar-refractivity contribution in [3.63, 3.8) is 0 Å². The molecule has 0 fully saturated rings. The maximum atomic E-state index is 6.20. The summed E-state index contributed by atoms with van der Waals surface area (Å²) in [6.07, 6.45) is 7.44. The fraction of sp³-hybridized carbons (Fsp3) is 0.320. The van der Waals surface area contributed by atoms with Crippen molar-refractivity contribution in [3.05, 3.63) is 71.7 Å². The Morgan fingerprint density at radius 2 is 1.94 bits per heavy atom. The molecular weight excluding hydrogens is 388 g/mol. The van der Waals surface area contributed by atoms with E-state index in [0.717, 1.165) is 40.8 Å². The summed E-state index contributed by atoms with van der Waals surface area (Å²) < 4.78 is 11.9. The number of hydrogen-bond acceptors (Lipinski definition) is 6. The van der Waals surface area contributed by atoms with Gasteiger partial charge in [-0.1, -0.05) is 32.9 Å². The molecule has 2 aliphatic heterocycles. The number of aromatic nitrogens is 2. The van der Waals surface area contributed by atoms with Crippen LogP contribution in [0.25, 0.3) is 11.1 Å². The molecule has 158 valence electrons. The minimum atomic E-state index is -0.768. The number of nitrogens with two attached hydrogens (primary N) is 1. The first-order chi connectivity index (χ1) is 14.8. The molecule has 6 heteroatoms. The Kier molecular flexibility index (Phi) is 4.46. The van der Waals surface area contributed by atoms with E-state index in [1.54, 1.807) is 12.4 Å². The maximum absolute atomic E-state index is 6.20. The Hall–Kier alpha value is -3.41. The van der Waals surface area contributed by atoms with Gasteiger partial charge in [0.25, 0.3) is 6.02 Å². The summed E-state index contributed by atoms with van der Waals surface area (Å²) >= 11 is 0. The van der Waals surface area contributed by atoms with Crippen molar-refractivity contribution >= 4 is 6.02 Å². The largest absolute Gasteiger partial charge is 0.462 e. The molecule has 0 unspecified atom stereocenters. The fourth-order valence-electron chi connectivity index (χ4n) is 4.14. The van der Waals surface area contributed by atoms with Gasteiger partial charge in [0.1, 0.15) is 12.4 Å². The lowest BCUT2D eigenvalue weighted by atomic mass is 9.80. The zero-order valence-corrected chi connectivity index (χ0v) is 18.1. The van der Waals surface area contributed by atoms with Crippen molar-refractivity contribution in [2.45, 2.75) is 39.2 Å². The predicted molar refractivity (Wildman–Crippen MR) is 120 cm³/mol. The maximum Gasteiger partial charge on any atom is 0.283 e. The predicted octanol–water partition coefficient (Wildman–Crippen LogP) is 4.82. The Morgan fingerprint density at radius 1 is 1.06 bits per heavy atom. The van der Waals surface area contributed by atoms with Crippen molar-refractivity contribution < 1.29 is 9.47 Å². The lowest BCUT2D eigenvalue weighted by Crippen LogP contribution is -2.31. The summed E-state index contributed by atoms with van der Waals surface area (Å²) in [6.45, 7) is 7.10. The number of hydrogen-bond donors (Lipinski definition) is 1. The first-order valence-corrected chi connectivity index (χ1v) is 10.5. The highest BCUT2D eigenvalue weighted by Gasteiger charge is 2.47. The second kappa shape index (κ2) is 7.08. The molecule has 2 aliphatic rings. The molecule has 6 nitrogen and oxygen atoms in total. The van der Waals surface area contributed by atoms with Gasteiger partial charge in [0.15, 0.2) is 5.54 Å². The first-order valence-electron chi connectivity index (χ1n) is 10.5. The smallest absolute Gasteiger partial charge is 0.283 e. The lowest BCUT2D eigenvalue weighted by molar-refractivity contribution is 0.262. The van der Waals surface area contributed by atoms with Crippen LogP contribution in [-0.2, 0) is 16.7 Å². The van der Waals surface area contributed by atoms with E-state index in [1.165, 1.54) is 5.56 Å². The SMILES string of the molecule is CC(C)(C)CCc1ccc2c(c1)[C@]1(COC(N)=N1)c1cc(-c3cccnc3)cnc1O2. The molecule has 2 N–H and O–H groups in total. The van der Waals surface area contributed by atoms with Gasteiger partial charge in [-0.15, -0.1) is 0 Å². The molecule has 0 saturated carbocycles. The third-order valence-electron chi connectivity index (χ3n) is 5.88. The van der Waals surface area contributed by atoms with Crippen LogP contribution in [0.2, 0.25) is 0 Å². The number of amidine groups is 1. The van der Waals surface area contributed by atoms with Crippen molar-refractivity contribution in [3.8, 4) is 22.8 Å². The molecular formula is C25H26N4O2. The van der Waals surface area contributed by atoms with Crippen LogP contribution in [0.4, 0.5) is 0 Å². The van der Waals surface area contributed by atoms with Crippen molar-refractivity contribution in [2.75, 3.05) is 6.61 Å². The second-order valence-electron chi connectivity index (χ2n) is 9.41. The summed E-state index contributed by atoms with van der Waals surface area (Å²) in [5.41, 5.74) is 10.5. The highest BCUT2D eigenvalue weighted by molar-refractivity contribution is 5.77. The normalized spacial score (nSPS) is 19.3. The third kappa shape index (κ3) is 3.52. The minimum Gasteiger partial charge on any atom is -0.462 e. The van der Waals surface area contributed by atoms with Gasteiger partial charge in [-0.25, -0.2) is 9.98 Å². The highest BCUT2D eigenvalue weighted by Crippen LogP contribution is 2.51. The number of aryl methyl sites for hydroxylation is 1. The van der Waals surface area contributed by atoms with E-state index in [9.17, 15) is 0 Å².